The van der Waals surface area contributed by atoms with Crippen molar-refractivity contribution in [1.29, 1.82) is 0 Å². The van der Waals surface area contributed by atoms with Gasteiger partial charge >= 0.3 is 0 Å². The van der Waals surface area contributed by atoms with Crippen LogP contribution in [-0.4, -0.2) is 61.7 Å². The number of hydrogen-bond acceptors (Lipinski definition) is 3. The van der Waals surface area contributed by atoms with Crippen LogP contribution in [0.15, 0.2) is 0 Å². The molecule has 0 aromatic rings. The quantitative estimate of drug-likeness (QED) is 0.702. The topological polar surface area (TPSA) is 18.5 Å². The van der Waals surface area contributed by atoms with Crippen molar-refractivity contribution in [1.82, 2.24) is 15.1 Å². The molecule has 1 heterocycles. The highest BCUT2D eigenvalue weighted by Crippen LogP contribution is 2.13. The minimum absolute atomic E-state index is 0.727. The Labute approximate surface area is 127 Å². The molecule has 0 aliphatic carbocycles. The number of nitrogens with one attached hydrogen (secondary N) is 1. The Bertz CT molecular complexity index is 232. The molecule has 3 heteroatoms. The molecule has 120 valence electrons. The fourth-order valence-electron chi connectivity index (χ4n) is 3.31. The Morgan fingerprint density at radius 1 is 1.20 bits per heavy atom. The van der Waals surface area contributed by atoms with Gasteiger partial charge in [0.1, 0.15) is 0 Å². The molecule has 1 fully saturated rings. The maximum atomic E-state index is 3.67. The zero-order chi connectivity index (χ0) is 14.8. The van der Waals surface area contributed by atoms with E-state index in [0.717, 1.165) is 12.1 Å². The van der Waals surface area contributed by atoms with E-state index in [1.54, 1.807) is 0 Å². The summed E-state index contributed by atoms with van der Waals surface area (Å²) in [4.78, 5) is 5.25. The first-order valence-corrected chi connectivity index (χ1v) is 8.87. The lowest BCUT2D eigenvalue weighted by Crippen LogP contribution is -2.40. The fraction of sp³-hybridized carbons (Fsp3) is 1.00. The van der Waals surface area contributed by atoms with Gasteiger partial charge in [0, 0.05) is 18.6 Å². The van der Waals surface area contributed by atoms with E-state index >= 15 is 0 Å². The van der Waals surface area contributed by atoms with Crippen molar-refractivity contribution in [2.45, 2.75) is 71.4 Å². The molecule has 1 aliphatic rings. The van der Waals surface area contributed by atoms with E-state index in [2.05, 4.69) is 42.9 Å². The summed E-state index contributed by atoms with van der Waals surface area (Å²) in [6, 6.07) is 1.50. The second kappa shape index (κ2) is 10.6. The second-order valence-corrected chi connectivity index (χ2v) is 6.42. The molecule has 0 amide bonds. The standard InChI is InChI=1S/C17H37N3/c1-5-11-18-16(6-2)10-8-13-20-14-9-12-19(4)15-17(20)7-3/h16-18H,5-15H2,1-4H3. The lowest BCUT2D eigenvalue weighted by Gasteiger charge is -2.30. The van der Waals surface area contributed by atoms with Crippen LogP contribution in [0, 0.1) is 0 Å². The summed E-state index contributed by atoms with van der Waals surface area (Å²) in [5, 5.41) is 3.67. The Morgan fingerprint density at radius 3 is 2.65 bits per heavy atom. The van der Waals surface area contributed by atoms with Gasteiger partial charge in [-0.3, -0.25) is 4.90 Å². The van der Waals surface area contributed by atoms with Gasteiger partial charge in [-0.05, 0) is 71.8 Å². The van der Waals surface area contributed by atoms with Gasteiger partial charge in [-0.2, -0.15) is 0 Å². The zero-order valence-electron chi connectivity index (χ0n) is 14.3. The molecule has 0 aromatic carbocycles. The molecule has 1 N–H and O–H groups in total. The maximum absolute atomic E-state index is 3.67. The van der Waals surface area contributed by atoms with E-state index in [1.165, 1.54) is 71.2 Å². The Kier molecular flexibility index (Phi) is 9.49. The molecule has 0 radical (unpaired) electrons. The average molecular weight is 284 g/mol. The molecule has 0 spiro atoms. The third kappa shape index (κ3) is 6.55. The largest absolute Gasteiger partial charge is 0.314 e. The van der Waals surface area contributed by atoms with Gasteiger partial charge in [-0.15, -0.1) is 0 Å². The van der Waals surface area contributed by atoms with Crippen molar-refractivity contribution in [2.24, 2.45) is 0 Å². The Balaban J connectivity index is 2.30. The molecule has 1 rings (SSSR count). The maximum Gasteiger partial charge on any atom is 0.0220 e. The van der Waals surface area contributed by atoms with Crippen LogP contribution in [0.2, 0.25) is 0 Å². The predicted molar refractivity (Wildman–Crippen MR) is 89.4 cm³/mol. The smallest absolute Gasteiger partial charge is 0.0220 e. The number of hydrogen-bond donors (Lipinski definition) is 1. The summed E-state index contributed by atoms with van der Waals surface area (Å²) in [7, 11) is 2.27. The van der Waals surface area contributed by atoms with Gasteiger partial charge in [-0.25, -0.2) is 0 Å². The van der Waals surface area contributed by atoms with Crippen LogP contribution in [0.4, 0.5) is 0 Å². The van der Waals surface area contributed by atoms with Crippen LogP contribution in [-0.2, 0) is 0 Å². The predicted octanol–water partition coefficient (Wildman–Crippen LogP) is 2.96. The molecule has 1 saturated heterocycles. The van der Waals surface area contributed by atoms with Crippen LogP contribution in [0.25, 0.3) is 0 Å². The molecule has 0 bridgehead atoms. The Hall–Kier alpha value is -0.120. The van der Waals surface area contributed by atoms with Crippen LogP contribution < -0.4 is 5.32 Å². The van der Waals surface area contributed by atoms with E-state index in [-0.39, 0.29) is 0 Å². The van der Waals surface area contributed by atoms with Crippen LogP contribution in [0.5, 0.6) is 0 Å². The molecule has 0 saturated carbocycles. The average Bonchev–Trinajstić information content (AvgIpc) is 2.64. The minimum atomic E-state index is 0.727. The van der Waals surface area contributed by atoms with Crippen molar-refractivity contribution < 1.29 is 0 Å². The first-order valence-electron chi connectivity index (χ1n) is 8.87. The van der Waals surface area contributed by atoms with E-state index in [0.29, 0.717) is 0 Å². The van der Waals surface area contributed by atoms with E-state index in [1.807, 2.05) is 0 Å². The highest BCUT2D eigenvalue weighted by atomic mass is 15.2. The summed E-state index contributed by atoms with van der Waals surface area (Å²) in [5.41, 5.74) is 0. The van der Waals surface area contributed by atoms with Crippen LogP contribution in [0.3, 0.4) is 0 Å². The molecule has 3 nitrogen and oxygen atoms in total. The molecular weight excluding hydrogens is 246 g/mol. The lowest BCUT2D eigenvalue weighted by atomic mass is 10.1. The summed E-state index contributed by atoms with van der Waals surface area (Å²) in [6.07, 6.45) is 7.80. The van der Waals surface area contributed by atoms with Gasteiger partial charge < -0.3 is 10.2 Å². The van der Waals surface area contributed by atoms with E-state index in [9.17, 15) is 0 Å². The van der Waals surface area contributed by atoms with E-state index < -0.39 is 0 Å². The van der Waals surface area contributed by atoms with Gasteiger partial charge in [0.05, 0.1) is 0 Å². The fourth-order valence-corrected chi connectivity index (χ4v) is 3.31. The monoisotopic (exact) mass is 283 g/mol. The van der Waals surface area contributed by atoms with Crippen molar-refractivity contribution in [3.8, 4) is 0 Å². The summed E-state index contributed by atoms with van der Waals surface area (Å²) in [6.45, 7) is 13.2. The first-order chi connectivity index (χ1) is 9.71. The number of nitrogens with zero attached hydrogens (tertiary/aromatic N) is 2. The van der Waals surface area contributed by atoms with Crippen LogP contribution in [0.1, 0.15) is 59.3 Å². The molecule has 2 atom stereocenters. The van der Waals surface area contributed by atoms with Gasteiger partial charge in [-0.1, -0.05) is 20.8 Å². The Morgan fingerprint density at radius 2 is 2.00 bits per heavy atom. The highest BCUT2D eigenvalue weighted by molar-refractivity contribution is 4.78. The lowest BCUT2D eigenvalue weighted by molar-refractivity contribution is 0.178. The van der Waals surface area contributed by atoms with Gasteiger partial charge in [0.15, 0.2) is 0 Å². The SMILES string of the molecule is CCCNC(CC)CCCN1CCCN(C)CC1CC. The van der Waals surface area contributed by atoms with E-state index in [4.69, 9.17) is 0 Å². The summed E-state index contributed by atoms with van der Waals surface area (Å²) < 4.78 is 0. The second-order valence-electron chi connectivity index (χ2n) is 6.42. The summed E-state index contributed by atoms with van der Waals surface area (Å²) >= 11 is 0. The van der Waals surface area contributed by atoms with Crippen LogP contribution >= 0.6 is 0 Å². The molecule has 1 aliphatic heterocycles. The molecule has 0 aromatic heterocycles. The van der Waals surface area contributed by atoms with Crippen molar-refractivity contribution in [2.75, 3.05) is 39.8 Å². The van der Waals surface area contributed by atoms with Gasteiger partial charge in [0.25, 0.3) is 0 Å². The zero-order valence-corrected chi connectivity index (χ0v) is 14.3. The van der Waals surface area contributed by atoms with Crippen molar-refractivity contribution in [3.63, 3.8) is 0 Å². The first kappa shape index (κ1) is 17.9. The summed E-state index contributed by atoms with van der Waals surface area (Å²) in [5.74, 6) is 0. The normalized spacial score (nSPS) is 23.7. The molecule has 2 unspecified atom stereocenters. The third-order valence-electron chi connectivity index (χ3n) is 4.67. The molecule has 20 heavy (non-hydrogen) atoms. The third-order valence-corrected chi connectivity index (χ3v) is 4.67. The highest BCUT2D eigenvalue weighted by Gasteiger charge is 2.21. The number of rotatable bonds is 9. The van der Waals surface area contributed by atoms with Gasteiger partial charge in [0.2, 0.25) is 0 Å². The van der Waals surface area contributed by atoms with Crippen molar-refractivity contribution >= 4 is 0 Å². The van der Waals surface area contributed by atoms with Crippen molar-refractivity contribution in [3.05, 3.63) is 0 Å². The molecular formula is C17H37N3. The number of likely N-dealkylation sites (N-methyl/N-ethyl adjacent to an activating group) is 1. The minimum Gasteiger partial charge on any atom is -0.314 e.